The Morgan fingerprint density at radius 3 is 2.86 bits per heavy atom. The zero-order valence-electron chi connectivity index (χ0n) is 12.0. The van der Waals surface area contributed by atoms with Crippen molar-refractivity contribution in [1.29, 1.82) is 0 Å². The lowest BCUT2D eigenvalue weighted by atomic mass is 10.1. The van der Waals surface area contributed by atoms with Crippen LogP contribution in [0.15, 0.2) is 34.8 Å². The molecule has 1 fully saturated rings. The molecule has 1 aliphatic rings. The van der Waals surface area contributed by atoms with Gasteiger partial charge in [-0.15, -0.1) is 11.3 Å². The molecule has 1 aromatic carbocycles. The maximum Gasteiger partial charge on any atom is 0.0493 e. The van der Waals surface area contributed by atoms with Crippen molar-refractivity contribution in [2.75, 3.05) is 6.54 Å². The van der Waals surface area contributed by atoms with E-state index in [1.54, 1.807) is 0 Å². The molecule has 1 unspecified atom stereocenters. The average molecular weight is 385 g/mol. The number of hydrogen-bond acceptors (Lipinski definition) is 2. The summed E-state index contributed by atoms with van der Waals surface area (Å²) in [6, 6.07) is 11.0. The fourth-order valence-corrected chi connectivity index (χ4v) is 4.42. The Morgan fingerprint density at radius 1 is 1.33 bits per heavy atom. The Kier molecular flexibility index (Phi) is 5.05. The molecule has 0 bridgehead atoms. The predicted octanol–water partition coefficient (Wildman–Crippen LogP) is 6.28. The van der Waals surface area contributed by atoms with E-state index in [0.29, 0.717) is 6.04 Å². The van der Waals surface area contributed by atoms with Crippen molar-refractivity contribution in [3.05, 3.63) is 44.7 Å². The zero-order valence-corrected chi connectivity index (χ0v) is 15.2. The molecular weight excluding hydrogens is 366 g/mol. The van der Waals surface area contributed by atoms with Crippen molar-refractivity contribution < 1.29 is 0 Å². The number of benzene rings is 1. The van der Waals surface area contributed by atoms with Crippen LogP contribution in [0.3, 0.4) is 0 Å². The summed E-state index contributed by atoms with van der Waals surface area (Å²) in [6.45, 7) is 3.31. The molecule has 0 saturated heterocycles. The molecule has 1 atom stereocenters. The molecule has 4 heteroatoms. The molecule has 1 saturated carbocycles. The monoisotopic (exact) mass is 383 g/mol. The lowest BCUT2D eigenvalue weighted by Crippen LogP contribution is -2.22. The fourth-order valence-electron chi connectivity index (χ4n) is 2.58. The van der Waals surface area contributed by atoms with Crippen molar-refractivity contribution in [1.82, 2.24) is 5.32 Å². The second kappa shape index (κ2) is 6.82. The van der Waals surface area contributed by atoms with Gasteiger partial charge < -0.3 is 5.32 Å². The van der Waals surface area contributed by atoms with Gasteiger partial charge in [0.25, 0.3) is 0 Å². The van der Waals surface area contributed by atoms with Crippen LogP contribution in [-0.4, -0.2) is 6.54 Å². The van der Waals surface area contributed by atoms with Crippen LogP contribution in [0, 0.1) is 5.92 Å². The van der Waals surface area contributed by atoms with E-state index in [2.05, 4.69) is 46.4 Å². The second-order valence-corrected chi connectivity index (χ2v) is 8.03. The maximum absolute atomic E-state index is 6.35. The first kappa shape index (κ1) is 15.5. The summed E-state index contributed by atoms with van der Waals surface area (Å²) >= 11 is 11.7. The van der Waals surface area contributed by atoms with E-state index < -0.39 is 0 Å². The fraction of sp³-hybridized carbons (Fsp3) is 0.412. The van der Waals surface area contributed by atoms with Crippen LogP contribution >= 0.6 is 38.9 Å². The molecule has 3 rings (SSSR count). The number of nitrogens with one attached hydrogen (secondary N) is 1. The van der Waals surface area contributed by atoms with E-state index in [1.165, 1.54) is 29.0 Å². The van der Waals surface area contributed by atoms with Crippen molar-refractivity contribution in [2.45, 2.75) is 32.2 Å². The summed E-state index contributed by atoms with van der Waals surface area (Å²) in [5, 5.41) is 4.52. The zero-order chi connectivity index (χ0) is 14.8. The molecule has 1 N–H and O–H groups in total. The summed E-state index contributed by atoms with van der Waals surface area (Å²) in [5.41, 5.74) is 1.12. The lowest BCUT2D eigenvalue weighted by molar-refractivity contribution is 0.488. The standard InChI is InChI=1S/C17H19BrClNS/c1-2-9-20-17(11-3-4-11)16-8-7-15(21-16)13-10-12(18)5-6-14(13)19/h5-8,10-11,17,20H,2-4,9H2,1H3. The van der Waals surface area contributed by atoms with E-state index >= 15 is 0 Å². The molecule has 112 valence electrons. The maximum atomic E-state index is 6.35. The van der Waals surface area contributed by atoms with E-state index in [-0.39, 0.29) is 0 Å². The topological polar surface area (TPSA) is 12.0 Å². The molecule has 0 radical (unpaired) electrons. The SMILES string of the molecule is CCCNC(c1ccc(-c2cc(Br)ccc2Cl)s1)C1CC1. The van der Waals surface area contributed by atoms with E-state index in [0.717, 1.165) is 27.5 Å². The van der Waals surface area contributed by atoms with Gasteiger partial charge in [0.1, 0.15) is 0 Å². The molecule has 0 spiro atoms. The highest BCUT2D eigenvalue weighted by Crippen LogP contribution is 2.45. The third-order valence-corrected chi connectivity index (χ3v) is 5.86. The lowest BCUT2D eigenvalue weighted by Gasteiger charge is -2.16. The molecule has 1 nitrogen and oxygen atoms in total. The molecule has 0 aliphatic heterocycles. The first-order valence-corrected chi connectivity index (χ1v) is 9.46. The number of rotatable bonds is 6. The molecule has 2 aromatic rings. The number of hydrogen-bond donors (Lipinski definition) is 1. The normalized spacial score (nSPS) is 16.1. The van der Waals surface area contributed by atoms with E-state index in [9.17, 15) is 0 Å². The van der Waals surface area contributed by atoms with Gasteiger partial charge in [-0.1, -0.05) is 34.5 Å². The van der Waals surface area contributed by atoms with Gasteiger partial charge in [0, 0.05) is 30.9 Å². The van der Waals surface area contributed by atoms with Crippen LogP contribution < -0.4 is 5.32 Å². The summed E-state index contributed by atoms with van der Waals surface area (Å²) in [7, 11) is 0. The first-order chi connectivity index (χ1) is 10.2. The number of thiophene rings is 1. The van der Waals surface area contributed by atoms with Gasteiger partial charge >= 0.3 is 0 Å². The molecule has 1 aliphatic carbocycles. The van der Waals surface area contributed by atoms with Gasteiger partial charge in [0.15, 0.2) is 0 Å². The Hall–Kier alpha value is -0.350. The quantitative estimate of drug-likeness (QED) is 0.618. The third kappa shape index (κ3) is 3.70. The summed E-state index contributed by atoms with van der Waals surface area (Å²) in [5.74, 6) is 0.820. The van der Waals surface area contributed by atoms with Crippen LogP contribution in [-0.2, 0) is 0 Å². The predicted molar refractivity (Wildman–Crippen MR) is 96.2 cm³/mol. The molecule has 1 aromatic heterocycles. The van der Waals surface area contributed by atoms with Gasteiger partial charge in [-0.3, -0.25) is 0 Å². The smallest absolute Gasteiger partial charge is 0.0493 e. The molecule has 0 amide bonds. The van der Waals surface area contributed by atoms with Crippen molar-refractivity contribution in [3.63, 3.8) is 0 Å². The average Bonchev–Trinajstić information content (AvgIpc) is 3.19. The summed E-state index contributed by atoms with van der Waals surface area (Å²) in [6.07, 6.45) is 3.89. The van der Waals surface area contributed by atoms with Gasteiger partial charge in [-0.25, -0.2) is 0 Å². The number of halogens is 2. The molecular formula is C17H19BrClNS. The van der Waals surface area contributed by atoms with Crippen LogP contribution in [0.4, 0.5) is 0 Å². The Bertz CT molecular complexity index is 621. The van der Waals surface area contributed by atoms with Crippen LogP contribution in [0.2, 0.25) is 5.02 Å². The van der Waals surface area contributed by atoms with Gasteiger partial charge in [0.2, 0.25) is 0 Å². The Balaban J connectivity index is 1.86. The van der Waals surface area contributed by atoms with Crippen molar-refractivity contribution in [2.24, 2.45) is 5.92 Å². The van der Waals surface area contributed by atoms with Crippen LogP contribution in [0.1, 0.15) is 37.1 Å². The first-order valence-electron chi connectivity index (χ1n) is 7.47. The minimum Gasteiger partial charge on any atom is -0.309 e. The highest BCUT2D eigenvalue weighted by Gasteiger charge is 2.32. The van der Waals surface area contributed by atoms with Crippen LogP contribution in [0.25, 0.3) is 10.4 Å². The molecule has 21 heavy (non-hydrogen) atoms. The van der Waals surface area contributed by atoms with Crippen molar-refractivity contribution in [3.8, 4) is 10.4 Å². The second-order valence-electron chi connectivity index (χ2n) is 5.60. The minimum absolute atomic E-state index is 0.523. The Labute approximate surface area is 143 Å². The summed E-state index contributed by atoms with van der Waals surface area (Å²) in [4.78, 5) is 2.69. The highest BCUT2D eigenvalue weighted by atomic mass is 79.9. The van der Waals surface area contributed by atoms with Crippen LogP contribution in [0.5, 0.6) is 0 Å². The largest absolute Gasteiger partial charge is 0.309 e. The van der Waals surface area contributed by atoms with E-state index in [1.807, 2.05) is 23.5 Å². The molecule has 1 heterocycles. The van der Waals surface area contributed by atoms with Crippen molar-refractivity contribution >= 4 is 38.9 Å². The Morgan fingerprint density at radius 2 is 2.14 bits per heavy atom. The third-order valence-electron chi connectivity index (χ3n) is 3.83. The summed E-state index contributed by atoms with van der Waals surface area (Å²) < 4.78 is 1.07. The van der Waals surface area contributed by atoms with E-state index in [4.69, 9.17) is 11.6 Å². The van der Waals surface area contributed by atoms with Gasteiger partial charge in [0.05, 0.1) is 0 Å². The van der Waals surface area contributed by atoms with Gasteiger partial charge in [-0.2, -0.15) is 0 Å². The highest BCUT2D eigenvalue weighted by molar-refractivity contribution is 9.10. The van der Waals surface area contributed by atoms with Gasteiger partial charge in [-0.05, 0) is 62.1 Å². The minimum atomic E-state index is 0.523.